The minimum absolute atomic E-state index is 0.236. The topological polar surface area (TPSA) is 110 Å². The lowest BCUT2D eigenvalue weighted by Gasteiger charge is -2.09. The lowest BCUT2D eigenvalue weighted by molar-refractivity contribution is 0.102. The molecule has 0 aliphatic heterocycles. The number of nitrogens with one attached hydrogen (secondary N) is 1. The fraction of sp³-hybridized carbons (Fsp3) is 0.160. The number of benzene rings is 1. The normalized spacial score (nSPS) is 10.4. The van der Waals surface area contributed by atoms with E-state index in [1.807, 2.05) is 13.0 Å². The van der Waals surface area contributed by atoms with E-state index in [4.69, 9.17) is 14.7 Å². The molecule has 0 radical (unpaired) electrons. The molecule has 1 aromatic carbocycles. The number of nitrogens with zero attached hydrogens (tertiary/aromatic N) is 4. The van der Waals surface area contributed by atoms with Crippen LogP contribution in [0.5, 0.6) is 17.4 Å². The average Bonchev–Trinajstić information content (AvgIpc) is 3.25. The van der Waals surface area contributed by atoms with E-state index in [1.165, 1.54) is 11.5 Å². The molecule has 0 aliphatic rings. The van der Waals surface area contributed by atoms with Gasteiger partial charge in [0.25, 0.3) is 5.91 Å². The summed E-state index contributed by atoms with van der Waals surface area (Å²) in [6, 6.07) is 16.2. The molecular weight excluding hydrogens is 450 g/mol. The van der Waals surface area contributed by atoms with Gasteiger partial charge < -0.3 is 14.8 Å². The van der Waals surface area contributed by atoms with Crippen molar-refractivity contribution in [2.75, 3.05) is 12.4 Å². The number of aromatic nitrogens is 3. The number of methoxy groups -OCH3 is 1. The van der Waals surface area contributed by atoms with Crippen LogP contribution in [0.4, 0.5) is 5.69 Å². The van der Waals surface area contributed by atoms with Crippen molar-refractivity contribution in [2.24, 2.45) is 0 Å². The first kappa shape index (κ1) is 22.9. The van der Waals surface area contributed by atoms with E-state index < -0.39 is 0 Å². The van der Waals surface area contributed by atoms with Crippen molar-refractivity contribution >= 4 is 23.1 Å². The number of amides is 1. The summed E-state index contributed by atoms with van der Waals surface area (Å²) >= 11 is 1.31. The maximum absolute atomic E-state index is 13.0. The van der Waals surface area contributed by atoms with Gasteiger partial charge in [-0.15, -0.1) is 0 Å². The number of aryl methyl sites for hydroxylation is 3. The lowest BCUT2D eigenvalue weighted by Crippen LogP contribution is -2.14. The number of carbonyl (C=O) groups is 1. The number of anilines is 1. The van der Waals surface area contributed by atoms with Crippen LogP contribution in [-0.2, 0) is 12.8 Å². The number of nitriles is 1. The Kier molecular flexibility index (Phi) is 7.10. The van der Waals surface area contributed by atoms with Crippen molar-refractivity contribution in [3.8, 4) is 23.4 Å². The number of hydrogen-bond donors (Lipinski definition) is 1. The second-order valence-electron chi connectivity index (χ2n) is 7.33. The molecule has 3 aromatic heterocycles. The van der Waals surface area contributed by atoms with Crippen molar-refractivity contribution in [2.45, 2.75) is 19.8 Å². The van der Waals surface area contributed by atoms with Crippen molar-refractivity contribution in [1.82, 2.24) is 14.3 Å². The number of ether oxygens (including phenoxy) is 2. The molecule has 170 valence electrons. The number of carbonyl (C=O) groups excluding carboxylic acids is 1. The Morgan fingerprint density at radius 3 is 2.47 bits per heavy atom. The zero-order valence-corrected chi connectivity index (χ0v) is 19.4. The second-order valence-corrected chi connectivity index (χ2v) is 8.19. The van der Waals surface area contributed by atoms with Gasteiger partial charge >= 0.3 is 0 Å². The van der Waals surface area contributed by atoms with Gasteiger partial charge in [-0.05, 0) is 73.8 Å². The van der Waals surface area contributed by atoms with Crippen LogP contribution in [0.2, 0.25) is 0 Å². The highest BCUT2D eigenvalue weighted by atomic mass is 32.1. The average molecular weight is 472 g/mol. The van der Waals surface area contributed by atoms with Gasteiger partial charge in [-0.1, -0.05) is 0 Å². The lowest BCUT2D eigenvalue weighted by atomic mass is 10.1. The van der Waals surface area contributed by atoms with Crippen LogP contribution in [0.1, 0.15) is 32.2 Å². The Bertz CT molecular complexity index is 1310. The Labute approximate surface area is 201 Å². The van der Waals surface area contributed by atoms with Gasteiger partial charge in [0.2, 0.25) is 5.88 Å². The van der Waals surface area contributed by atoms with Crippen LogP contribution in [0.15, 0.2) is 60.9 Å². The maximum atomic E-state index is 13.0. The largest absolute Gasteiger partial charge is 0.497 e. The molecular formula is C25H21N5O3S. The minimum atomic E-state index is -0.236. The summed E-state index contributed by atoms with van der Waals surface area (Å²) in [4.78, 5) is 22.4. The molecule has 1 N–H and O–H groups in total. The molecule has 0 spiro atoms. The Balaban J connectivity index is 1.39. The van der Waals surface area contributed by atoms with E-state index in [0.29, 0.717) is 47.0 Å². The first-order valence-corrected chi connectivity index (χ1v) is 11.2. The Morgan fingerprint density at radius 1 is 1.03 bits per heavy atom. The summed E-state index contributed by atoms with van der Waals surface area (Å²) in [7, 11) is 1.60. The van der Waals surface area contributed by atoms with Crippen LogP contribution < -0.4 is 14.8 Å². The number of hydrogen-bond acceptors (Lipinski definition) is 8. The monoisotopic (exact) mass is 471 g/mol. The van der Waals surface area contributed by atoms with Crippen molar-refractivity contribution in [1.29, 1.82) is 5.26 Å². The predicted octanol–water partition coefficient (Wildman–Crippen LogP) is 4.95. The van der Waals surface area contributed by atoms with Gasteiger partial charge in [0, 0.05) is 22.8 Å². The van der Waals surface area contributed by atoms with Crippen LogP contribution in [0.25, 0.3) is 0 Å². The highest BCUT2D eigenvalue weighted by molar-refractivity contribution is 7.06. The molecule has 3 heterocycles. The fourth-order valence-corrected chi connectivity index (χ4v) is 4.09. The van der Waals surface area contributed by atoms with E-state index in [0.717, 1.165) is 16.3 Å². The molecule has 0 saturated carbocycles. The van der Waals surface area contributed by atoms with Gasteiger partial charge in [-0.25, -0.2) is 4.98 Å². The first-order chi connectivity index (χ1) is 16.6. The summed E-state index contributed by atoms with van der Waals surface area (Å²) < 4.78 is 15.2. The molecule has 4 rings (SSSR count). The van der Waals surface area contributed by atoms with Crippen molar-refractivity contribution in [3.63, 3.8) is 0 Å². The summed E-state index contributed by atoms with van der Waals surface area (Å²) in [5.41, 5.74) is 3.17. The minimum Gasteiger partial charge on any atom is -0.497 e. The number of pyridine rings is 2. The third-order valence-electron chi connectivity index (χ3n) is 5.00. The molecule has 0 aliphatic carbocycles. The number of rotatable bonds is 8. The van der Waals surface area contributed by atoms with E-state index in [-0.39, 0.29) is 5.91 Å². The second kappa shape index (κ2) is 10.6. The standard InChI is InChI=1S/C25H21N5O3S/c1-16-24(22(34-30-16)11-5-18-4-3-17(13-26)14-27-18)25(31)29-19-6-12-23(28-15-19)33-21-9-7-20(32-2)8-10-21/h3-4,6-10,12,14-15H,5,11H2,1-2H3,(H,29,31). The third kappa shape index (κ3) is 5.54. The molecule has 0 fully saturated rings. The van der Waals surface area contributed by atoms with E-state index in [9.17, 15) is 4.79 Å². The maximum Gasteiger partial charge on any atom is 0.258 e. The molecule has 0 saturated heterocycles. The summed E-state index contributed by atoms with van der Waals surface area (Å²) in [5, 5.41) is 11.8. The van der Waals surface area contributed by atoms with Gasteiger partial charge in [0.15, 0.2) is 0 Å². The fourth-order valence-electron chi connectivity index (χ4n) is 3.23. The third-order valence-corrected chi connectivity index (χ3v) is 5.99. The molecule has 1 amide bonds. The summed E-state index contributed by atoms with van der Waals surface area (Å²) in [6.07, 6.45) is 4.37. The zero-order valence-electron chi connectivity index (χ0n) is 18.6. The molecule has 0 atom stereocenters. The van der Waals surface area contributed by atoms with E-state index in [2.05, 4.69) is 25.7 Å². The van der Waals surface area contributed by atoms with Crippen molar-refractivity contribution in [3.05, 3.63) is 88.3 Å². The Hall–Kier alpha value is -4.29. The smallest absolute Gasteiger partial charge is 0.258 e. The van der Waals surface area contributed by atoms with Crippen LogP contribution in [-0.4, -0.2) is 27.4 Å². The molecule has 34 heavy (non-hydrogen) atoms. The van der Waals surface area contributed by atoms with Gasteiger partial charge in [-0.3, -0.25) is 9.78 Å². The van der Waals surface area contributed by atoms with Gasteiger partial charge in [0.05, 0.1) is 35.8 Å². The quantitative estimate of drug-likeness (QED) is 0.387. The van der Waals surface area contributed by atoms with Crippen LogP contribution in [0, 0.1) is 18.3 Å². The van der Waals surface area contributed by atoms with E-state index >= 15 is 0 Å². The summed E-state index contributed by atoms with van der Waals surface area (Å²) in [6.45, 7) is 1.82. The highest BCUT2D eigenvalue weighted by Gasteiger charge is 2.19. The molecule has 9 heteroatoms. The van der Waals surface area contributed by atoms with Crippen LogP contribution >= 0.6 is 11.5 Å². The Morgan fingerprint density at radius 2 is 1.82 bits per heavy atom. The summed E-state index contributed by atoms with van der Waals surface area (Å²) in [5.74, 6) is 1.54. The first-order valence-electron chi connectivity index (χ1n) is 10.4. The molecule has 0 bridgehead atoms. The van der Waals surface area contributed by atoms with Crippen LogP contribution in [0.3, 0.4) is 0 Å². The van der Waals surface area contributed by atoms with Gasteiger partial charge in [-0.2, -0.15) is 9.64 Å². The van der Waals surface area contributed by atoms with E-state index in [1.54, 1.807) is 62.0 Å². The van der Waals surface area contributed by atoms with Crippen molar-refractivity contribution < 1.29 is 14.3 Å². The highest BCUT2D eigenvalue weighted by Crippen LogP contribution is 2.25. The molecule has 4 aromatic rings. The zero-order chi connectivity index (χ0) is 23.9. The predicted molar refractivity (Wildman–Crippen MR) is 128 cm³/mol. The van der Waals surface area contributed by atoms with Gasteiger partial charge in [0.1, 0.15) is 17.6 Å². The SMILES string of the molecule is COc1ccc(Oc2ccc(NC(=O)c3c(C)nsc3CCc3ccc(C#N)cn3)cn2)cc1. The molecule has 0 unspecified atom stereocenters. The molecule has 8 nitrogen and oxygen atoms in total.